The standard InChI is InChI=1S/C19H18Cl2N2O2/c1-13(8-9-15-6-4-3-5-7-15)22-23-19(24)14(2)25-18-11-10-16(20)12-17(18)21/h3-12,14H,1-2H3,(H,23,24)/b9-8+,22-13-/t14-/m1/s1. The molecule has 0 saturated heterocycles. The van der Waals surface area contributed by atoms with Gasteiger partial charge in [-0.25, -0.2) is 5.43 Å². The smallest absolute Gasteiger partial charge is 0.280 e. The molecule has 25 heavy (non-hydrogen) atoms. The number of hydrogen-bond donors (Lipinski definition) is 1. The molecule has 6 heteroatoms. The molecule has 1 N–H and O–H groups in total. The summed E-state index contributed by atoms with van der Waals surface area (Å²) in [7, 11) is 0. The van der Waals surface area contributed by atoms with Gasteiger partial charge < -0.3 is 4.74 Å². The van der Waals surface area contributed by atoms with Gasteiger partial charge in [-0.05, 0) is 43.7 Å². The minimum absolute atomic E-state index is 0.345. The highest BCUT2D eigenvalue weighted by molar-refractivity contribution is 6.35. The highest BCUT2D eigenvalue weighted by Gasteiger charge is 2.15. The lowest BCUT2D eigenvalue weighted by molar-refractivity contribution is -0.127. The molecule has 0 heterocycles. The molecule has 0 aliphatic carbocycles. The Kier molecular flexibility index (Phi) is 7.04. The van der Waals surface area contributed by atoms with Gasteiger partial charge in [0, 0.05) is 5.02 Å². The predicted molar refractivity (Wildman–Crippen MR) is 103 cm³/mol. The molecular weight excluding hydrogens is 359 g/mol. The number of carbonyl (C=O) groups is 1. The fourth-order valence-electron chi connectivity index (χ4n) is 1.87. The van der Waals surface area contributed by atoms with E-state index in [2.05, 4.69) is 10.5 Å². The molecule has 0 aliphatic rings. The fraction of sp³-hybridized carbons (Fsp3) is 0.158. The molecule has 130 valence electrons. The predicted octanol–water partition coefficient (Wildman–Crippen LogP) is 4.97. The molecule has 2 aromatic rings. The number of hydrazone groups is 1. The van der Waals surface area contributed by atoms with E-state index in [0.29, 0.717) is 21.5 Å². The summed E-state index contributed by atoms with van der Waals surface area (Å²) in [5, 5.41) is 4.88. The van der Waals surface area contributed by atoms with Gasteiger partial charge in [-0.1, -0.05) is 59.6 Å². The first-order chi connectivity index (χ1) is 12.0. The lowest BCUT2D eigenvalue weighted by atomic mass is 10.2. The van der Waals surface area contributed by atoms with Crippen molar-refractivity contribution in [2.75, 3.05) is 0 Å². The molecule has 0 radical (unpaired) electrons. The summed E-state index contributed by atoms with van der Waals surface area (Å²) < 4.78 is 5.53. The number of nitrogens with zero attached hydrogens (tertiary/aromatic N) is 1. The largest absolute Gasteiger partial charge is 0.479 e. The zero-order valence-electron chi connectivity index (χ0n) is 13.9. The first-order valence-corrected chi connectivity index (χ1v) is 8.40. The number of halogens is 2. The summed E-state index contributed by atoms with van der Waals surface area (Å²) in [4.78, 5) is 12.1. The second-order valence-corrected chi connectivity index (χ2v) is 6.15. The number of ether oxygens (including phenoxy) is 1. The van der Waals surface area contributed by atoms with Crippen molar-refractivity contribution >= 4 is 40.9 Å². The van der Waals surface area contributed by atoms with Crippen molar-refractivity contribution in [2.24, 2.45) is 5.10 Å². The average Bonchev–Trinajstić information content (AvgIpc) is 2.61. The van der Waals surface area contributed by atoms with Gasteiger partial charge in [-0.2, -0.15) is 5.10 Å². The molecule has 1 amide bonds. The Morgan fingerprint density at radius 1 is 1.20 bits per heavy atom. The summed E-state index contributed by atoms with van der Waals surface area (Å²) in [5.41, 5.74) is 4.19. The highest BCUT2D eigenvalue weighted by Crippen LogP contribution is 2.28. The fourth-order valence-corrected chi connectivity index (χ4v) is 2.32. The van der Waals surface area contributed by atoms with E-state index in [-0.39, 0.29) is 5.91 Å². The maximum Gasteiger partial charge on any atom is 0.280 e. The normalized spacial score (nSPS) is 12.9. The Labute approximate surface area is 157 Å². The molecule has 0 aromatic heterocycles. The van der Waals surface area contributed by atoms with Crippen LogP contribution in [0.4, 0.5) is 0 Å². The second kappa shape index (κ2) is 9.25. The molecule has 2 rings (SSSR count). The Balaban J connectivity index is 1.90. The van der Waals surface area contributed by atoms with Crippen LogP contribution < -0.4 is 10.2 Å². The average molecular weight is 377 g/mol. The van der Waals surface area contributed by atoms with Crippen molar-refractivity contribution in [1.82, 2.24) is 5.43 Å². The van der Waals surface area contributed by atoms with E-state index in [1.54, 1.807) is 32.0 Å². The maximum atomic E-state index is 12.1. The summed E-state index contributed by atoms with van der Waals surface area (Å²) >= 11 is 11.9. The molecule has 0 saturated carbocycles. The van der Waals surface area contributed by atoms with Gasteiger partial charge >= 0.3 is 0 Å². The van der Waals surface area contributed by atoms with Crippen LogP contribution in [-0.2, 0) is 4.79 Å². The van der Waals surface area contributed by atoms with Gasteiger partial charge in [0.1, 0.15) is 5.75 Å². The van der Waals surface area contributed by atoms with Crippen LogP contribution in [0.1, 0.15) is 19.4 Å². The molecule has 0 bridgehead atoms. The summed E-state index contributed by atoms with van der Waals surface area (Å²) in [5.74, 6) is 0.0110. The van der Waals surface area contributed by atoms with Crippen LogP contribution in [0.25, 0.3) is 6.08 Å². The van der Waals surface area contributed by atoms with E-state index < -0.39 is 6.10 Å². The molecule has 1 atom stereocenters. The number of amides is 1. The molecule has 0 unspecified atom stereocenters. The number of allylic oxidation sites excluding steroid dienone is 1. The Morgan fingerprint density at radius 2 is 1.92 bits per heavy atom. The molecule has 0 fully saturated rings. The van der Waals surface area contributed by atoms with Gasteiger partial charge in [0.25, 0.3) is 5.91 Å². The third kappa shape index (κ3) is 6.25. The summed E-state index contributed by atoms with van der Waals surface area (Å²) in [6, 6.07) is 14.6. The molecule has 4 nitrogen and oxygen atoms in total. The lowest BCUT2D eigenvalue weighted by Crippen LogP contribution is -2.33. The van der Waals surface area contributed by atoms with Crippen molar-refractivity contribution in [3.8, 4) is 5.75 Å². The minimum Gasteiger partial charge on any atom is -0.479 e. The van der Waals surface area contributed by atoms with E-state index in [9.17, 15) is 4.79 Å². The third-order valence-corrected chi connectivity index (χ3v) is 3.76. The van der Waals surface area contributed by atoms with E-state index in [0.717, 1.165) is 5.56 Å². The Hall–Kier alpha value is -2.30. The first kappa shape index (κ1) is 19.0. The summed E-state index contributed by atoms with van der Waals surface area (Å²) in [6.07, 6.45) is 2.98. The number of nitrogens with one attached hydrogen (secondary N) is 1. The van der Waals surface area contributed by atoms with Crippen LogP contribution in [-0.4, -0.2) is 17.7 Å². The van der Waals surface area contributed by atoms with Crippen LogP contribution in [0.2, 0.25) is 10.0 Å². The van der Waals surface area contributed by atoms with Gasteiger partial charge in [-0.3, -0.25) is 4.79 Å². The SMILES string of the molecule is CC(/C=C/c1ccccc1)=N/NC(=O)[C@@H](C)Oc1ccc(Cl)cc1Cl. The third-order valence-electron chi connectivity index (χ3n) is 3.23. The Bertz CT molecular complexity index is 789. The van der Waals surface area contributed by atoms with E-state index >= 15 is 0 Å². The minimum atomic E-state index is -0.756. The number of benzene rings is 2. The van der Waals surface area contributed by atoms with Gasteiger partial charge in [-0.15, -0.1) is 0 Å². The zero-order chi connectivity index (χ0) is 18.2. The molecule has 0 aliphatic heterocycles. The van der Waals surface area contributed by atoms with Crippen LogP contribution in [0.3, 0.4) is 0 Å². The van der Waals surface area contributed by atoms with E-state index in [4.69, 9.17) is 27.9 Å². The molecular formula is C19H18Cl2N2O2. The van der Waals surface area contributed by atoms with Gasteiger partial charge in [0.05, 0.1) is 10.7 Å². The first-order valence-electron chi connectivity index (χ1n) is 7.64. The summed E-state index contributed by atoms with van der Waals surface area (Å²) in [6.45, 7) is 3.41. The quantitative estimate of drug-likeness (QED) is 0.571. The van der Waals surface area contributed by atoms with Crippen molar-refractivity contribution < 1.29 is 9.53 Å². The lowest BCUT2D eigenvalue weighted by Gasteiger charge is -2.14. The molecule has 2 aromatic carbocycles. The van der Waals surface area contributed by atoms with Gasteiger partial charge in [0.2, 0.25) is 0 Å². The van der Waals surface area contributed by atoms with Crippen molar-refractivity contribution in [3.63, 3.8) is 0 Å². The molecule has 0 spiro atoms. The van der Waals surface area contributed by atoms with Crippen LogP contribution >= 0.6 is 23.2 Å². The number of hydrogen-bond acceptors (Lipinski definition) is 3. The number of carbonyl (C=O) groups excluding carboxylic acids is 1. The Morgan fingerprint density at radius 3 is 2.60 bits per heavy atom. The topological polar surface area (TPSA) is 50.7 Å². The van der Waals surface area contributed by atoms with Crippen LogP contribution in [0.5, 0.6) is 5.75 Å². The monoisotopic (exact) mass is 376 g/mol. The van der Waals surface area contributed by atoms with E-state index in [1.807, 2.05) is 42.5 Å². The van der Waals surface area contributed by atoms with Gasteiger partial charge in [0.15, 0.2) is 6.10 Å². The van der Waals surface area contributed by atoms with Crippen molar-refractivity contribution in [3.05, 3.63) is 70.2 Å². The van der Waals surface area contributed by atoms with Crippen molar-refractivity contribution in [1.29, 1.82) is 0 Å². The zero-order valence-corrected chi connectivity index (χ0v) is 15.4. The highest BCUT2D eigenvalue weighted by atomic mass is 35.5. The van der Waals surface area contributed by atoms with Crippen LogP contribution in [0.15, 0.2) is 59.7 Å². The van der Waals surface area contributed by atoms with Crippen molar-refractivity contribution in [2.45, 2.75) is 20.0 Å². The maximum absolute atomic E-state index is 12.1. The van der Waals surface area contributed by atoms with E-state index in [1.165, 1.54) is 0 Å². The van der Waals surface area contributed by atoms with Crippen LogP contribution in [0, 0.1) is 0 Å². The second-order valence-electron chi connectivity index (χ2n) is 5.31. The number of rotatable bonds is 6.